The number of hydrogen-bond acceptors (Lipinski definition) is 3. The fourth-order valence-corrected chi connectivity index (χ4v) is 2.60. The first kappa shape index (κ1) is 15.9. The van der Waals surface area contributed by atoms with E-state index >= 15 is 0 Å². The fourth-order valence-electron chi connectivity index (χ4n) is 2.60. The summed E-state index contributed by atoms with van der Waals surface area (Å²) in [5, 5.41) is 11.3. The molecule has 1 amide bonds. The molecule has 0 aromatic heterocycles. The number of benzene rings is 1. The second kappa shape index (κ2) is 6.95. The molecule has 0 spiro atoms. The van der Waals surface area contributed by atoms with Gasteiger partial charge in [0.25, 0.3) is 0 Å². The zero-order chi connectivity index (χ0) is 15.3. The van der Waals surface area contributed by atoms with Crippen LogP contribution in [0, 0.1) is 11.6 Å². The van der Waals surface area contributed by atoms with Crippen LogP contribution in [0.4, 0.5) is 8.78 Å². The van der Waals surface area contributed by atoms with Crippen LogP contribution in [0.5, 0.6) is 0 Å². The van der Waals surface area contributed by atoms with Crippen LogP contribution in [0.3, 0.4) is 0 Å². The van der Waals surface area contributed by atoms with Gasteiger partial charge in [0.1, 0.15) is 11.6 Å². The third kappa shape index (κ3) is 3.39. The van der Waals surface area contributed by atoms with Crippen molar-refractivity contribution in [3.8, 4) is 0 Å². The molecule has 0 atom stereocenters. The Hall–Kier alpha value is -1.53. The summed E-state index contributed by atoms with van der Waals surface area (Å²) < 4.78 is 32.0. The predicted molar refractivity (Wildman–Crippen MR) is 72.8 cm³/mol. The lowest BCUT2D eigenvalue weighted by atomic mass is 9.63. The van der Waals surface area contributed by atoms with Gasteiger partial charge in [0.15, 0.2) is 0 Å². The Labute approximate surface area is 122 Å². The van der Waals surface area contributed by atoms with Crippen LogP contribution in [0.2, 0.25) is 0 Å². The van der Waals surface area contributed by atoms with Crippen molar-refractivity contribution in [2.75, 3.05) is 26.4 Å². The second-order valence-electron chi connectivity index (χ2n) is 5.15. The number of amides is 1. The molecule has 2 rings (SSSR count). The normalized spacial score (nSPS) is 16.3. The Kier molecular flexibility index (Phi) is 5.25. The monoisotopic (exact) mass is 299 g/mol. The molecule has 0 unspecified atom stereocenters. The average molecular weight is 299 g/mol. The van der Waals surface area contributed by atoms with Gasteiger partial charge in [-0.05, 0) is 18.9 Å². The summed E-state index contributed by atoms with van der Waals surface area (Å²) >= 11 is 0. The lowest BCUT2D eigenvalue weighted by Gasteiger charge is -2.40. The van der Waals surface area contributed by atoms with Crippen molar-refractivity contribution in [1.29, 1.82) is 0 Å². The van der Waals surface area contributed by atoms with Gasteiger partial charge in [-0.3, -0.25) is 4.79 Å². The number of halogens is 2. The van der Waals surface area contributed by atoms with Crippen molar-refractivity contribution in [2.24, 2.45) is 0 Å². The Balaban J connectivity index is 2.02. The quantitative estimate of drug-likeness (QED) is 0.750. The van der Waals surface area contributed by atoms with Crippen LogP contribution in [-0.4, -0.2) is 37.4 Å². The van der Waals surface area contributed by atoms with E-state index in [1.165, 1.54) is 12.1 Å². The molecule has 1 aliphatic rings. The third-order valence-corrected chi connectivity index (χ3v) is 3.86. The minimum Gasteiger partial charge on any atom is -0.394 e. The molecule has 21 heavy (non-hydrogen) atoms. The molecule has 116 valence electrons. The first-order valence-corrected chi connectivity index (χ1v) is 7.02. The lowest BCUT2D eigenvalue weighted by Crippen LogP contribution is -2.50. The Morgan fingerprint density at radius 1 is 1.33 bits per heavy atom. The predicted octanol–water partition coefficient (Wildman–Crippen LogP) is 1.51. The van der Waals surface area contributed by atoms with Gasteiger partial charge < -0.3 is 15.2 Å². The number of aliphatic hydroxyl groups excluding tert-OH is 1. The van der Waals surface area contributed by atoms with Gasteiger partial charge in [0.2, 0.25) is 5.91 Å². The molecule has 0 bridgehead atoms. The second-order valence-corrected chi connectivity index (χ2v) is 5.15. The molecule has 4 nitrogen and oxygen atoms in total. The number of carbonyl (C=O) groups is 1. The summed E-state index contributed by atoms with van der Waals surface area (Å²) in [6.45, 7) is 0.726. The summed E-state index contributed by atoms with van der Waals surface area (Å²) in [5.41, 5.74) is -0.640. The molecule has 0 radical (unpaired) electrons. The number of nitrogens with one attached hydrogen (secondary N) is 1. The smallest absolute Gasteiger partial charge is 0.230 e. The molecule has 0 heterocycles. The maximum Gasteiger partial charge on any atom is 0.230 e. The first-order valence-electron chi connectivity index (χ1n) is 7.02. The fraction of sp³-hybridized carbons (Fsp3) is 0.533. The van der Waals surface area contributed by atoms with E-state index in [1.807, 2.05) is 0 Å². The SMILES string of the molecule is O=C(NCCOCCO)C1(c2ccc(F)cc2F)CCC1. The molecular formula is C15H19F2NO3. The van der Waals surface area contributed by atoms with Crippen LogP contribution in [0.25, 0.3) is 0 Å². The van der Waals surface area contributed by atoms with E-state index in [2.05, 4.69) is 5.32 Å². The maximum absolute atomic E-state index is 13.9. The van der Waals surface area contributed by atoms with Crippen molar-refractivity contribution in [3.05, 3.63) is 35.4 Å². The standard InChI is InChI=1S/C15H19F2NO3/c16-11-2-3-12(13(17)10-11)15(4-1-5-15)14(20)18-6-8-21-9-7-19/h2-3,10,19H,1,4-9H2,(H,18,20). The van der Waals surface area contributed by atoms with Crippen LogP contribution in [0.15, 0.2) is 18.2 Å². The van der Waals surface area contributed by atoms with Crippen molar-refractivity contribution < 1.29 is 23.4 Å². The van der Waals surface area contributed by atoms with Gasteiger partial charge >= 0.3 is 0 Å². The van der Waals surface area contributed by atoms with Crippen molar-refractivity contribution >= 4 is 5.91 Å². The Bertz CT molecular complexity index is 504. The first-order chi connectivity index (χ1) is 10.1. The number of hydrogen-bond donors (Lipinski definition) is 2. The van der Waals surface area contributed by atoms with Gasteiger partial charge in [0.05, 0.1) is 25.2 Å². The van der Waals surface area contributed by atoms with E-state index in [0.29, 0.717) is 19.4 Å². The molecule has 1 fully saturated rings. The highest BCUT2D eigenvalue weighted by Gasteiger charge is 2.47. The van der Waals surface area contributed by atoms with Crippen LogP contribution < -0.4 is 5.32 Å². The van der Waals surface area contributed by atoms with Gasteiger partial charge in [-0.25, -0.2) is 8.78 Å². The maximum atomic E-state index is 13.9. The molecule has 2 N–H and O–H groups in total. The van der Waals surface area contributed by atoms with Crippen molar-refractivity contribution in [1.82, 2.24) is 5.32 Å². The van der Waals surface area contributed by atoms with Gasteiger partial charge in [0, 0.05) is 18.2 Å². The number of aliphatic hydroxyl groups is 1. The molecule has 0 aliphatic heterocycles. The molecule has 1 aromatic carbocycles. The van der Waals surface area contributed by atoms with Gasteiger partial charge in [-0.2, -0.15) is 0 Å². The summed E-state index contributed by atoms with van der Waals surface area (Å²) in [6.07, 6.45) is 1.95. The molecule has 1 saturated carbocycles. The highest BCUT2D eigenvalue weighted by Crippen LogP contribution is 2.45. The van der Waals surface area contributed by atoms with E-state index in [9.17, 15) is 13.6 Å². The average Bonchev–Trinajstić information content (AvgIpc) is 2.39. The molecule has 6 heteroatoms. The Morgan fingerprint density at radius 3 is 2.67 bits per heavy atom. The summed E-state index contributed by atoms with van der Waals surface area (Å²) in [7, 11) is 0. The largest absolute Gasteiger partial charge is 0.394 e. The van der Waals surface area contributed by atoms with Gasteiger partial charge in [-0.15, -0.1) is 0 Å². The van der Waals surface area contributed by atoms with Crippen molar-refractivity contribution in [3.63, 3.8) is 0 Å². The topological polar surface area (TPSA) is 58.6 Å². The molecular weight excluding hydrogens is 280 g/mol. The highest BCUT2D eigenvalue weighted by molar-refractivity contribution is 5.89. The van der Waals surface area contributed by atoms with E-state index in [0.717, 1.165) is 12.5 Å². The van der Waals surface area contributed by atoms with E-state index < -0.39 is 17.0 Å². The zero-order valence-electron chi connectivity index (χ0n) is 11.7. The number of carbonyl (C=O) groups excluding carboxylic acids is 1. The molecule has 1 aromatic rings. The van der Waals surface area contributed by atoms with Crippen LogP contribution in [-0.2, 0) is 14.9 Å². The summed E-state index contributed by atoms with van der Waals surface area (Å²) in [4.78, 5) is 12.3. The van der Waals surface area contributed by atoms with Crippen LogP contribution in [0.1, 0.15) is 24.8 Å². The minimum absolute atomic E-state index is 0.0708. The van der Waals surface area contributed by atoms with E-state index in [-0.39, 0.29) is 31.3 Å². The Morgan fingerprint density at radius 2 is 2.10 bits per heavy atom. The summed E-state index contributed by atoms with van der Waals surface area (Å²) in [5.74, 6) is -1.59. The van der Waals surface area contributed by atoms with E-state index in [4.69, 9.17) is 9.84 Å². The van der Waals surface area contributed by atoms with Crippen LogP contribution >= 0.6 is 0 Å². The van der Waals surface area contributed by atoms with E-state index in [1.54, 1.807) is 0 Å². The van der Waals surface area contributed by atoms with Crippen molar-refractivity contribution in [2.45, 2.75) is 24.7 Å². The summed E-state index contributed by atoms with van der Waals surface area (Å²) in [6, 6.07) is 3.34. The number of ether oxygens (including phenoxy) is 1. The molecule has 0 saturated heterocycles. The number of rotatable bonds is 7. The highest BCUT2D eigenvalue weighted by atomic mass is 19.1. The van der Waals surface area contributed by atoms with Gasteiger partial charge in [-0.1, -0.05) is 12.5 Å². The zero-order valence-corrected chi connectivity index (χ0v) is 11.7. The lowest BCUT2D eigenvalue weighted by molar-refractivity contribution is -0.130. The minimum atomic E-state index is -0.894. The third-order valence-electron chi connectivity index (χ3n) is 3.86. The molecule has 1 aliphatic carbocycles.